The predicted octanol–water partition coefficient (Wildman–Crippen LogP) is 7.99. The molecule has 5 rings (SSSR count). The van der Waals surface area contributed by atoms with Gasteiger partial charge in [0.2, 0.25) is 11.9 Å². The van der Waals surface area contributed by atoms with E-state index in [-0.39, 0.29) is 29.8 Å². The Morgan fingerprint density at radius 3 is 2.38 bits per heavy atom. The summed E-state index contributed by atoms with van der Waals surface area (Å²) in [4.78, 5) is 41.4. The molecular weight excluding hydrogens is 663 g/mol. The predicted molar refractivity (Wildman–Crippen MR) is 201 cm³/mol. The lowest BCUT2D eigenvalue weighted by atomic mass is 10.1. The van der Waals surface area contributed by atoms with Crippen molar-refractivity contribution in [3.63, 3.8) is 0 Å². The minimum absolute atomic E-state index is 0.0125. The molecule has 0 atom stereocenters. The van der Waals surface area contributed by atoms with Gasteiger partial charge in [0.1, 0.15) is 17.3 Å². The van der Waals surface area contributed by atoms with Gasteiger partial charge in [0.15, 0.2) is 11.6 Å². The van der Waals surface area contributed by atoms with Gasteiger partial charge >= 0.3 is 6.09 Å². The first-order chi connectivity index (χ1) is 25.2. The summed E-state index contributed by atoms with van der Waals surface area (Å²) in [6, 6.07) is 17.0. The second-order valence-electron chi connectivity index (χ2n) is 12.8. The smallest absolute Gasteiger partial charge is 0.425 e. The van der Waals surface area contributed by atoms with Crippen molar-refractivity contribution in [1.29, 1.82) is 0 Å². The Morgan fingerprint density at radius 2 is 1.69 bits per heavy atom. The molecule has 4 aromatic rings. The number of benzene rings is 3. The molecular formula is C40H49FN6O5. The quantitative estimate of drug-likeness (QED) is 0.123. The fourth-order valence-corrected chi connectivity index (χ4v) is 6.30. The molecule has 52 heavy (non-hydrogen) atoms. The lowest BCUT2D eigenvalue weighted by Crippen LogP contribution is -2.32. The van der Waals surface area contributed by atoms with Crippen LogP contribution in [0.1, 0.15) is 56.2 Å². The number of piperidine rings is 1. The van der Waals surface area contributed by atoms with Gasteiger partial charge in [-0.3, -0.25) is 4.79 Å². The summed E-state index contributed by atoms with van der Waals surface area (Å²) in [7, 11) is 1.49. The Hall–Kier alpha value is -5.23. The highest BCUT2D eigenvalue weighted by Crippen LogP contribution is 2.36. The summed E-state index contributed by atoms with van der Waals surface area (Å²) in [5.41, 5.74) is 3.04. The number of likely N-dealkylation sites (N-methyl/N-ethyl adjacent to an activating group) is 1. The lowest BCUT2D eigenvalue weighted by Gasteiger charge is -2.26. The van der Waals surface area contributed by atoms with E-state index in [4.69, 9.17) is 14.2 Å². The van der Waals surface area contributed by atoms with Gasteiger partial charge in [-0.15, -0.1) is 0 Å². The molecule has 11 nitrogen and oxygen atoms in total. The van der Waals surface area contributed by atoms with Crippen LogP contribution in [-0.4, -0.2) is 78.2 Å². The van der Waals surface area contributed by atoms with Crippen LogP contribution in [0.2, 0.25) is 0 Å². The van der Waals surface area contributed by atoms with Crippen molar-refractivity contribution >= 4 is 35.1 Å². The van der Waals surface area contributed by atoms with Crippen molar-refractivity contribution in [3.8, 4) is 17.2 Å². The highest BCUT2D eigenvalue weighted by Gasteiger charge is 2.27. The van der Waals surface area contributed by atoms with Gasteiger partial charge < -0.3 is 29.3 Å². The standard InChI is InChI=1S/C40H49FN6O5/c1-6-46(7-2)37(48)26-30-15-17-33(35(25-30)50-5)47(40(49)52-38-28(3)13-11-14-29(38)4)36-19-20-42-39(44-36)43-31-16-18-34(32(41)27-31)51-24-12-23-45-21-9-8-10-22-45/h11,13-20,25,27H,6-10,12,21-24,26H2,1-5H3,(H,42,43,44). The van der Waals surface area contributed by atoms with E-state index in [1.165, 1.54) is 43.5 Å². The van der Waals surface area contributed by atoms with Gasteiger partial charge in [0.05, 0.1) is 25.8 Å². The SMILES string of the molecule is CCN(CC)C(=O)Cc1ccc(N(C(=O)Oc2c(C)cccc2C)c2ccnc(Nc3ccc(OCCCN4CCCCC4)c(F)c3)n2)c(OC)c1. The van der Waals surface area contributed by atoms with Gasteiger partial charge in [0.25, 0.3) is 0 Å². The maximum atomic E-state index is 15.1. The fraction of sp³-hybridized carbons (Fsp3) is 0.400. The molecule has 0 radical (unpaired) electrons. The van der Waals surface area contributed by atoms with Crippen LogP contribution in [0.3, 0.4) is 0 Å². The van der Waals surface area contributed by atoms with Crippen molar-refractivity contribution in [2.45, 2.75) is 59.8 Å². The van der Waals surface area contributed by atoms with E-state index in [9.17, 15) is 9.59 Å². The lowest BCUT2D eigenvalue weighted by molar-refractivity contribution is -0.130. The van der Waals surface area contributed by atoms with E-state index in [1.54, 1.807) is 41.3 Å². The van der Waals surface area contributed by atoms with Gasteiger partial charge in [-0.2, -0.15) is 4.98 Å². The Bertz CT molecular complexity index is 1810. The summed E-state index contributed by atoms with van der Waals surface area (Å²) in [6.07, 6.45) is 5.50. The third kappa shape index (κ3) is 9.75. The molecule has 1 aromatic heterocycles. The summed E-state index contributed by atoms with van der Waals surface area (Å²) >= 11 is 0. The third-order valence-corrected chi connectivity index (χ3v) is 9.12. The summed E-state index contributed by atoms with van der Waals surface area (Å²) in [6.45, 7) is 12.4. The molecule has 3 aromatic carbocycles. The number of likely N-dealkylation sites (tertiary alicyclic amines) is 1. The number of amides is 2. The molecule has 0 saturated carbocycles. The molecule has 276 valence electrons. The maximum Gasteiger partial charge on any atom is 0.425 e. The number of para-hydroxylation sites is 1. The zero-order chi connectivity index (χ0) is 37.0. The summed E-state index contributed by atoms with van der Waals surface area (Å²) in [5, 5.41) is 3.04. The highest BCUT2D eigenvalue weighted by atomic mass is 19.1. The number of hydrogen-bond acceptors (Lipinski definition) is 9. The number of aryl methyl sites for hydroxylation is 2. The summed E-state index contributed by atoms with van der Waals surface area (Å²) in [5.74, 6) is 0.711. The van der Waals surface area contributed by atoms with Gasteiger partial charge in [-0.1, -0.05) is 30.7 Å². The number of carbonyl (C=O) groups excluding carboxylic acids is 2. The van der Waals surface area contributed by atoms with Crippen molar-refractivity contribution in [1.82, 2.24) is 19.8 Å². The van der Waals surface area contributed by atoms with Crippen molar-refractivity contribution in [2.75, 3.05) is 56.7 Å². The molecule has 0 bridgehead atoms. The average molecular weight is 713 g/mol. The van der Waals surface area contributed by atoms with E-state index < -0.39 is 11.9 Å². The molecule has 0 aliphatic carbocycles. The van der Waals surface area contributed by atoms with E-state index in [0.29, 0.717) is 42.6 Å². The normalized spacial score (nSPS) is 13.0. The fourth-order valence-electron chi connectivity index (χ4n) is 6.30. The molecule has 12 heteroatoms. The molecule has 1 aliphatic rings. The van der Waals surface area contributed by atoms with Crippen LogP contribution in [0, 0.1) is 19.7 Å². The Balaban J connectivity index is 1.38. The molecule has 2 heterocycles. The van der Waals surface area contributed by atoms with Crippen LogP contribution in [0.5, 0.6) is 17.2 Å². The van der Waals surface area contributed by atoms with Gasteiger partial charge in [0, 0.05) is 43.7 Å². The number of rotatable bonds is 15. The number of ether oxygens (including phenoxy) is 3. The van der Waals surface area contributed by atoms with Crippen LogP contribution >= 0.6 is 0 Å². The molecule has 2 amide bonds. The first kappa shape index (κ1) is 38.0. The van der Waals surface area contributed by atoms with Crippen molar-refractivity contribution < 1.29 is 28.2 Å². The molecule has 1 aliphatic heterocycles. The van der Waals surface area contributed by atoms with E-state index >= 15 is 4.39 Å². The van der Waals surface area contributed by atoms with Crippen LogP contribution in [0.25, 0.3) is 0 Å². The Labute approximate surface area is 305 Å². The maximum absolute atomic E-state index is 15.1. The molecule has 0 spiro atoms. The van der Waals surface area contributed by atoms with Crippen LogP contribution in [-0.2, 0) is 11.2 Å². The van der Waals surface area contributed by atoms with Crippen LogP contribution in [0.4, 0.5) is 32.3 Å². The first-order valence-corrected chi connectivity index (χ1v) is 18.0. The number of anilines is 4. The largest absolute Gasteiger partial charge is 0.495 e. The number of halogens is 1. The number of hydrogen-bond donors (Lipinski definition) is 1. The topological polar surface area (TPSA) is 109 Å². The first-order valence-electron chi connectivity index (χ1n) is 18.0. The van der Waals surface area contributed by atoms with E-state index in [2.05, 4.69) is 20.2 Å². The van der Waals surface area contributed by atoms with Gasteiger partial charge in [-0.25, -0.2) is 19.1 Å². The second kappa shape index (κ2) is 18.3. The number of carbonyl (C=O) groups is 2. The number of nitrogens with zero attached hydrogens (tertiary/aromatic N) is 5. The van der Waals surface area contributed by atoms with E-state index in [1.807, 2.05) is 45.9 Å². The molecule has 1 N–H and O–H groups in total. The zero-order valence-electron chi connectivity index (χ0n) is 30.8. The Morgan fingerprint density at radius 1 is 0.942 bits per heavy atom. The zero-order valence-corrected chi connectivity index (χ0v) is 30.8. The third-order valence-electron chi connectivity index (χ3n) is 9.12. The number of methoxy groups -OCH3 is 1. The minimum Gasteiger partial charge on any atom is -0.495 e. The monoisotopic (exact) mass is 712 g/mol. The average Bonchev–Trinajstić information content (AvgIpc) is 3.14. The summed E-state index contributed by atoms with van der Waals surface area (Å²) < 4.78 is 32.6. The Kier molecular flexibility index (Phi) is 13.4. The number of nitrogens with one attached hydrogen (secondary N) is 1. The van der Waals surface area contributed by atoms with E-state index in [0.717, 1.165) is 42.7 Å². The van der Waals surface area contributed by atoms with Crippen molar-refractivity contribution in [2.24, 2.45) is 0 Å². The molecule has 1 fully saturated rings. The van der Waals surface area contributed by atoms with Crippen LogP contribution < -0.4 is 24.4 Å². The van der Waals surface area contributed by atoms with Crippen molar-refractivity contribution in [3.05, 3.63) is 89.4 Å². The van der Waals surface area contributed by atoms with Gasteiger partial charge in [-0.05, 0) is 101 Å². The molecule has 1 saturated heterocycles. The molecule has 0 unspecified atom stereocenters. The number of aromatic nitrogens is 2. The minimum atomic E-state index is -0.736. The van der Waals surface area contributed by atoms with Crippen LogP contribution in [0.15, 0.2) is 66.9 Å². The second-order valence-corrected chi connectivity index (χ2v) is 12.8. The highest BCUT2D eigenvalue weighted by molar-refractivity contribution is 5.98.